The van der Waals surface area contributed by atoms with Gasteiger partial charge in [0.25, 0.3) is 11.5 Å². The fourth-order valence-electron chi connectivity index (χ4n) is 3.19. The first-order chi connectivity index (χ1) is 16.8. The quantitative estimate of drug-likeness (QED) is 0.229. The highest BCUT2D eigenvalue weighted by Crippen LogP contribution is 2.35. The van der Waals surface area contributed by atoms with E-state index in [2.05, 4.69) is 15.4 Å². The standard InChI is InChI=1S/C23H16ClN5O6/c24-17-10-14(12-25-28-22(31)16-8-4-5-9-18(16)27-23(28)32)11-19(29(33)34)21(17)35-13-20(30)26-15-6-2-1-3-7-15/h1-12H,13H2,(H,26,30)(H,27,32). The first kappa shape index (κ1) is 23.4. The molecule has 0 saturated heterocycles. The lowest BCUT2D eigenvalue weighted by atomic mass is 10.2. The van der Waals surface area contributed by atoms with Gasteiger partial charge < -0.3 is 15.0 Å². The van der Waals surface area contributed by atoms with Gasteiger partial charge in [-0.25, -0.2) is 4.79 Å². The number of ether oxygens (including phenoxy) is 1. The smallest absolute Gasteiger partial charge is 0.349 e. The molecule has 3 aromatic carbocycles. The van der Waals surface area contributed by atoms with Crippen LogP contribution in [0.3, 0.4) is 0 Å². The largest absolute Gasteiger partial charge is 0.476 e. The van der Waals surface area contributed by atoms with E-state index in [9.17, 15) is 24.5 Å². The van der Waals surface area contributed by atoms with Crippen molar-refractivity contribution in [2.45, 2.75) is 0 Å². The number of para-hydroxylation sites is 2. The predicted molar refractivity (Wildman–Crippen MR) is 130 cm³/mol. The van der Waals surface area contributed by atoms with E-state index in [1.54, 1.807) is 48.5 Å². The summed E-state index contributed by atoms with van der Waals surface area (Å²) in [7, 11) is 0. The Bertz CT molecular complexity index is 1580. The maximum atomic E-state index is 12.6. The highest BCUT2D eigenvalue weighted by atomic mass is 35.5. The molecule has 0 aliphatic rings. The first-order valence-corrected chi connectivity index (χ1v) is 10.5. The second-order valence-electron chi connectivity index (χ2n) is 7.15. The summed E-state index contributed by atoms with van der Waals surface area (Å²) in [5.74, 6) is -0.847. The van der Waals surface area contributed by atoms with Crippen LogP contribution in [0.2, 0.25) is 5.02 Å². The molecule has 4 rings (SSSR count). The zero-order valence-corrected chi connectivity index (χ0v) is 18.6. The van der Waals surface area contributed by atoms with Gasteiger partial charge in [-0.15, -0.1) is 4.68 Å². The molecule has 4 aromatic rings. The summed E-state index contributed by atoms with van der Waals surface area (Å²) in [4.78, 5) is 50.4. The molecular weight excluding hydrogens is 478 g/mol. The SMILES string of the molecule is O=C(COc1c(Cl)cc(C=Nn2c(=O)[nH]c3ccccc3c2=O)cc1[N+](=O)[O-])Nc1ccccc1. The van der Waals surface area contributed by atoms with Gasteiger partial charge >= 0.3 is 11.4 Å². The van der Waals surface area contributed by atoms with Gasteiger partial charge in [0.2, 0.25) is 5.75 Å². The van der Waals surface area contributed by atoms with Crippen molar-refractivity contribution in [2.75, 3.05) is 11.9 Å². The Labute approximate surface area is 201 Å². The van der Waals surface area contributed by atoms with Gasteiger partial charge in [-0.1, -0.05) is 41.9 Å². The Kier molecular flexibility index (Phi) is 6.69. The number of nitrogens with zero attached hydrogens (tertiary/aromatic N) is 3. The Hall–Kier alpha value is -4.77. The van der Waals surface area contributed by atoms with Crippen LogP contribution in [0.4, 0.5) is 11.4 Å². The van der Waals surface area contributed by atoms with Crippen molar-refractivity contribution in [3.8, 4) is 5.75 Å². The summed E-state index contributed by atoms with van der Waals surface area (Å²) in [5.41, 5.74) is -0.952. The molecule has 0 aliphatic heterocycles. The van der Waals surface area contributed by atoms with Gasteiger partial charge in [0.1, 0.15) is 0 Å². The number of hydrogen-bond donors (Lipinski definition) is 2. The molecule has 2 N–H and O–H groups in total. The van der Waals surface area contributed by atoms with E-state index >= 15 is 0 Å². The van der Waals surface area contributed by atoms with Gasteiger partial charge in [0, 0.05) is 17.3 Å². The Balaban J connectivity index is 1.59. The molecule has 12 heteroatoms. The minimum Gasteiger partial charge on any atom is -0.476 e. The maximum absolute atomic E-state index is 12.6. The number of halogens is 1. The van der Waals surface area contributed by atoms with Gasteiger partial charge in [-0.05, 0) is 30.3 Å². The number of carbonyl (C=O) groups excluding carboxylic acids is 1. The minimum atomic E-state index is -0.782. The molecule has 0 aliphatic carbocycles. The van der Waals surface area contributed by atoms with Gasteiger partial charge in [-0.2, -0.15) is 5.10 Å². The van der Waals surface area contributed by atoms with Crippen molar-refractivity contribution in [3.05, 3.63) is 108 Å². The second-order valence-corrected chi connectivity index (χ2v) is 7.56. The number of fused-ring (bicyclic) bond motifs is 1. The van der Waals surface area contributed by atoms with Gasteiger partial charge in [-0.3, -0.25) is 19.7 Å². The lowest BCUT2D eigenvalue weighted by Gasteiger charge is -2.10. The van der Waals surface area contributed by atoms with Crippen LogP contribution in [0.5, 0.6) is 5.75 Å². The number of aromatic nitrogens is 2. The Morgan fingerprint density at radius 1 is 1.14 bits per heavy atom. The van der Waals surface area contributed by atoms with Crippen LogP contribution >= 0.6 is 11.6 Å². The molecule has 0 radical (unpaired) electrons. The van der Waals surface area contributed by atoms with Crippen molar-refractivity contribution in [1.82, 2.24) is 9.66 Å². The monoisotopic (exact) mass is 493 g/mol. The number of H-pyrrole nitrogens is 1. The molecule has 0 bridgehead atoms. The number of carbonyl (C=O) groups is 1. The highest BCUT2D eigenvalue weighted by molar-refractivity contribution is 6.32. The van der Waals surface area contributed by atoms with Crippen LogP contribution < -0.4 is 21.3 Å². The zero-order chi connectivity index (χ0) is 24.9. The molecule has 1 aromatic heterocycles. The van der Waals surface area contributed by atoms with Crippen LogP contribution in [0, 0.1) is 10.1 Å². The average molecular weight is 494 g/mol. The van der Waals surface area contributed by atoms with Gasteiger partial charge in [0.15, 0.2) is 6.61 Å². The fraction of sp³-hybridized carbons (Fsp3) is 0.0435. The van der Waals surface area contributed by atoms with E-state index in [4.69, 9.17) is 16.3 Å². The normalized spacial score (nSPS) is 11.0. The highest BCUT2D eigenvalue weighted by Gasteiger charge is 2.21. The van der Waals surface area contributed by atoms with E-state index in [1.165, 1.54) is 12.1 Å². The molecular formula is C23H16ClN5O6. The fourth-order valence-corrected chi connectivity index (χ4v) is 3.47. The van der Waals surface area contributed by atoms with E-state index in [1.807, 2.05) is 0 Å². The summed E-state index contributed by atoms with van der Waals surface area (Å²) < 4.78 is 5.92. The summed E-state index contributed by atoms with van der Waals surface area (Å²) >= 11 is 6.19. The number of rotatable bonds is 7. The topological polar surface area (TPSA) is 149 Å². The molecule has 0 atom stereocenters. The second kappa shape index (κ2) is 10.0. The van der Waals surface area contributed by atoms with Crippen molar-refractivity contribution >= 4 is 46.0 Å². The van der Waals surface area contributed by atoms with Crippen molar-refractivity contribution in [2.24, 2.45) is 5.10 Å². The van der Waals surface area contributed by atoms with E-state index in [0.29, 0.717) is 15.9 Å². The van der Waals surface area contributed by atoms with E-state index in [-0.39, 0.29) is 21.7 Å². The summed E-state index contributed by atoms with van der Waals surface area (Å²) in [6.45, 7) is -0.523. The number of hydrogen-bond acceptors (Lipinski definition) is 7. The van der Waals surface area contributed by atoms with Crippen molar-refractivity contribution in [1.29, 1.82) is 0 Å². The summed E-state index contributed by atoms with van der Waals surface area (Å²) in [6.07, 6.45) is 1.08. The molecule has 176 valence electrons. The van der Waals surface area contributed by atoms with Crippen LogP contribution in [0.25, 0.3) is 10.9 Å². The van der Waals surface area contributed by atoms with Crippen LogP contribution in [-0.2, 0) is 4.79 Å². The molecule has 1 heterocycles. The molecule has 0 saturated carbocycles. The Morgan fingerprint density at radius 3 is 2.60 bits per heavy atom. The third-order valence-corrected chi connectivity index (χ3v) is 5.04. The predicted octanol–water partition coefficient (Wildman–Crippen LogP) is 3.15. The number of nitro benzene ring substituents is 1. The van der Waals surface area contributed by atoms with Gasteiger partial charge in [0.05, 0.1) is 27.1 Å². The van der Waals surface area contributed by atoms with Crippen LogP contribution in [-0.4, -0.2) is 33.3 Å². The molecule has 0 unspecified atom stereocenters. The number of nitro groups is 1. The lowest BCUT2D eigenvalue weighted by Crippen LogP contribution is -2.32. The number of nitrogens with one attached hydrogen (secondary N) is 2. The molecule has 11 nitrogen and oxygen atoms in total. The average Bonchev–Trinajstić information content (AvgIpc) is 2.83. The van der Waals surface area contributed by atoms with Crippen LogP contribution in [0.1, 0.15) is 5.56 Å². The lowest BCUT2D eigenvalue weighted by molar-refractivity contribution is -0.385. The molecule has 1 amide bonds. The zero-order valence-electron chi connectivity index (χ0n) is 17.8. The van der Waals surface area contributed by atoms with Crippen molar-refractivity contribution in [3.63, 3.8) is 0 Å². The molecule has 0 spiro atoms. The Morgan fingerprint density at radius 2 is 1.86 bits per heavy atom. The number of aromatic amines is 1. The van der Waals surface area contributed by atoms with E-state index < -0.39 is 34.4 Å². The summed E-state index contributed by atoms with van der Waals surface area (Å²) in [5, 5.41) is 18.1. The number of anilines is 1. The summed E-state index contributed by atoms with van der Waals surface area (Å²) in [6, 6.07) is 17.4. The third-order valence-electron chi connectivity index (χ3n) is 4.75. The van der Waals surface area contributed by atoms with Crippen LogP contribution in [0.15, 0.2) is 81.4 Å². The van der Waals surface area contributed by atoms with E-state index in [0.717, 1.165) is 12.3 Å². The molecule has 0 fully saturated rings. The number of amides is 1. The minimum absolute atomic E-state index is 0.127. The van der Waals surface area contributed by atoms with Crippen molar-refractivity contribution < 1.29 is 14.5 Å². The first-order valence-electron chi connectivity index (χ1n) is 10.1. The number of benzene rings is 3. The maximum Gasteiger partial charge on any atom is 0.349 e. The third kappa shape index (κ3) is 5.25. The molecule has 35 heavy (non-hydrogen) atoms.